The molecule has 1 aliphatic heterocycles. The average Bonchev–Trinajstić information content (AvgIpc) is 2.67. The first-order chi connectivity index (χ1) is 12.7. The molecule has 1 heterocycles. The summed E-state index contributed by atoms with van der Waals surface area (Å²) in [6.07, 6.45) is 3.93. The van der Waals surface area contributed by atoms with E-state index >= 15 is 0 Å². The van der Waals surface area contributed by atoms with Crippen LogP contribution in [0.25, 0.3) is 0 Å². The summed E-state index contributed by atoms with van der Waals surface area (Å²) in [6.45, 7) is 3.80. The Labute approximate surface area is 160 Å². The summed E-state index contributed by atoms with van der Waals surface area (Å²) in [5.41, 5.74) is 2.40. The highest BCUT2D eigenvalue weighted by Crippen LogP contribution is 2.22. The molecule has 2 aromatic rings. The van der Waals surface area contributed by atoms with Crippen molar-refractivity contribution >= 4 is 17.5 Å². The van der Waals surface area contributed by atoms with Gasteiger partial charge in [-0.2, -0.15) is 0 Å². The minimum absolute atomic E-state index is 0.0444. The van der Waals surface area contributed by atoms with E-state index in [2.05, 4.69) is 28.4 Å². The molecule has 1 aliphatic rings. The molecule has 0 aromatic heterocycles. The van der Waals surface area contributed by atoms with E-state index in [1.807, 2.05) is 18.2 Å². The Morgan fingerprint density at radius 2 is 1.81 bits per heavy atom. The van der Waals surface area contributed by atoms with E-state index in [4.69, 9.17) is 16.3 Å². The molecule has 1 fully saturated rings. The molecule has 0 unspecified atom stereocenters. The van der Waals surface area contributed by atoms with Gasteiger partial charge in [0.15, 0.2) is 6.61 Å². The molecule has 0 spiro atoms. The molecule has 0 saturated carbocycles. The maximum atomic E-state index is 12.0. The topological polar surface area (TPSA) is 41.6 Å². The summed E-state index contributed by atoms with van der Waals surface area (Å²) in [5, 5.41) is 3.40. The Balaban J connectivity index is 1.45. The molecule has 0 atom stereocenters. The van der Waals surface area contributed by atoms with Gasteiger partial charge in [-0.15, -0.1) is 0 Å². The van der Waals surface area contributed by atoms with Gasteiger partial charge in [-0.25, -0.2) is 0 Å². The van der Waals surface area contributed by atoms with E-state index in [-0.39, 0.29) is 12.5 Å². The van der Waals surface area contributed by atoms with Gasteiger partial charge in [-0.3, -0.25) is 9.69 Å². The van der Waals surface area contributed by atoms with E-state index in [9.17, 15) is 4.79 Å². The third kappa shape index (κ3) is 5.75. The third-order valence-corrected chi connectivity index (χ3v) is 4.84. The van der Waals surface area contributed by atoms with Gasteiger partial charge in [0.05, 0.1) is 5.02 Å². The first-order valence-corrected chi connectivity index (χ1v) is 9.53. The Bertz CT molecular complexity index is 729. The van der Waals surface area contributed by atoms with Gasteiger partial charge in [0.25, 0.3) is 5.91 Å². The molecule has 0 radical (unpaired) electrons. The van der Waals surface area contributed by atoms with Crippen LogP contribution in [0.4, 0.5) is 0 Å². The van der Waals surface area contributed by atoms with Gasteiger partial charge in [0.1, 0.15) is 5.75 Å². The van der Waals surface area contributed by atoms with Gasteiger partial charge in [-0.1, -0.05) is 54.4 Å². The quantitative estimate of drug-likeness (QED) is 0.798. The molecule has 1 N–H and O–H groups in total. The summed E-state index contributed by atoms with van der Waals surface area (Å²) in [7, 11) is 0. The molecule has 2 aromatic carbocycles. The Kier molecular flexibility index (Phi) is 6.92. The lowest BCUT2D eigenvalue weighted by molar-refractivity contribution is -0.123. The van der Waals surface area contributed by atoms with Crippen LogP contribution in [0, 0.1) is 0 Å². The highest BCUT2D eigenvalue weighted by molar-refractivity contribution is 6.32. The standard InChI is InChI=1S/C21H25ClN2O2/c22-19-9-2-3-10-20(19)26-16-21(25)23-14-17-7-6-8-18(13-17)15-24-11-4-1-5-12-24/h2-3,6-10,13H,1,4-5,11-12,14-16H2,(H,23,25). The number of para-hydroxylation sites is 1. The monoisotopic (exact) mass is 372 g/mol. The SMILES string of the molecule is O=C(COc1ccccc1Cl)NCc1cccc(CN2CCCCC2)c1. The number of halogens is 1. The van der Waals surface area contributed by atoms with E-state index in [1.54, 1.807) is 12.1 Å². The largest absolute Gasteiger partial charge is 0.482 e. The van der Waals surface area contributed by atoms with Crippen LogP contribution in [0.2, 0.25) is 5.02 Å². The van der Waals surface area contributed by atoms with Crippen LogP contribution in [0.3, 0.4) is 0 Å². The van der Waals surface area contributed by atoms with Crippen LogP contribution in [0.5, 0.6) is 5.75 Å². The van der Waals surface area contributed by atoms with E-state index < -0.39 is 0 Å². The molecule has 3 rings (SSSR count). The van der Waals surface area contributed by atoms with Crippen LogP contribution in [-0.2, 0) is 17.9 Å². The summed E-state index contributed by atoms with van der Waals surface area (Å²) >= 11 is 6.02. The Morgan fingerprint density at radius 3 is 2.62 bits per heavy atom. The van der Waals surface area contributed by atoms with Gasteiger partial charge in [-0.05, 0) is 49.2 Å². The summed E-state index contributed by atoms with van der Waals surface area (Å²) in [4.78, 5) is 14.5. The number of amides is 1. The molecular formula is C21H25ClN2O2. The highest BCUT2D eigenvalue weighted by Gasteiger charge is 2.11. The summed E-state index contributed by atoms with van der Waals surface area (Å²) < 4.78 is 5.46. The zero-order valence-electron chi connectivity index (χ0n) is 14.9. The van der Waals surface area contributed by atoms with Crippen molar-refractivity contribution in [2.45, 2.75) is 32.4 Å². The lowest BCUT2D eigenvalue weighted by Crippen LogP contribution is -2.29. The smallest absolute Gasteiger partial charge is 0.258 e. The van der Waals surface area contributed by atoms with Crippen molar-refractivity contribution in [3.63, 3.8) is 0 Å². The molecule has 1 saturated heterocycles. The highest BCUT2D eigenvalue weighted by atomic mass is 35.5. The zero-order chi connectivity index (χ0) is 18.2. The number of nitrogens with one attached hydrogen (secondary N) is 1. The van der Waals surface area contributed by atoms with Crippen LogP contribution < -0.4 is 10.1 Å². The summed E-state index contributed by atoms with van der Waals surface area (Å²) in [6, 6.07) is 15.6. The molecule has 1 amide bonds. The number of hydrogen-bond donors (Lipinski definition) is 1. The van der Waals surface area contributed by atoms with Crippen LogP contribution in [0.1, 0.15) is 30.4 Å². The number of piperidine rings is 1. The summed E-state index contributed by atoms with van der Waals surface area (Å²) in [5.74, 6) is 0.360. The fourth-order valence-electron chi connectivity index (χ4n) is 3.17. The number of carbonyl (C=O) groups is 1. The first-order valence-electron chi connectivity index (χ1n) is 9.15. The molecule has 138 valence electrons. The zero-order valence-corrected chi connectivity index (χ0v) is 15.7. The molecule has 26 heavy (non-hydrogen) atoms. The normalized spacial score (nSPS) is 14.8. The van der Waals surface area contributed by atoms with Crippen molar-refractivity contribution in [2.24, 2.45) is 0 Å². The predicted molar refractivity (Wildman–Crippen MR) is 104 cm³/mol. The number of rotatable bonds is 7. The minimum Gasteiger partial charge on any atom is -0.482 e. The second kappa shape index (κ2) is 9.60. The van der Waals surface area contributed by atoms with Gasteiger partial charge >= 0.3 is 0 Å². The molecule has 0 aliphatic carbocycles. The number of likely N-dealkylation sites (tertiary alicyclic amines) is 1. The number of hydrogen-bond acceptors (Lipinski definition) is 3. The number of carbonyl (C=O) groups excluding carboxylic acids is 1. The maximum absolute atomic E-state index is 12.0. The van der Waals surface area contributed by atoms with Gasteiger partial charge in [0, 0.05) is 13.1 Å². The number of benzene rings is 2. The van der Waals surface area contributed by atoms with Crippen molar-refractivity contribution in [1.82, 2.24) is 10.2 Å². The third-order valence-electron chi connectivity index (χ3n) is 4.53. The minimum atomic E-state index is -0.161. The number of nitrogens with zero attached hydrogens (tertiary/aromatic N) is 1. The van der Waals surface area contributed by atoms with Crippen LogP contribution in [0.15, 0.2) is 48.5 Å². The van der Waals surface area contributed by atoms with Crippen molar-refractivity contribution < 1.29 is 9.53 Å². The van der Waals surface area contributed by atoms with Crippen LogP contribution in [-0.4, -0.2) is 30.5 Å². The number of ether oxygens (including phenoxy) is 1. The second-order valence-corrected chi connectivity index (χ2v) is 7.06. The lowest BCUT2D eigenvalue weighted by Gasteiger charge is -2.26. The predicted octanol–water partition coefficient (Wildman–Crippen LogP) is 4.02. The molecule has 5 heteroatoms. The molecular weight excluding hydrogens is 348 g/mol. The Morgan fingerprint density at radius 1 is 1.04 bits per heavy atom. The second-order valence-electron chi connectivity index (χ2n) is 6.65. The van der Waals surface area contributed by atoms with Gasteiger partial charge < -0.3 is 10.1 Å². The molecule has 4 nitrogen and oxygen atoms in total. The van der Waals surface area contributed by atoms with Crippen LogP contribution >= 0.6 is 11.6 Å². The lowest BCUT2D eigenvalue weighted by atomic mass is 10.1. The van der Waals surface area contributed by atoms with Crippen molar-refractivity contribution in [1.29, 1.82) is 0 Å². The molecule has 0 bridgehead atoms. The van der Waals surface area contributed by atoms with E-state index in [1.165, 1.54) is 37.9 Å². The first kappa shape index (κ1) is 18.7. The van der Waals surface area contributed by atoms with Crippen molar-refractivity contribution in [3.05, 3.63) is 64.7 Å². The average molecular weight is 373 g/mol. The van der Waals surface area contributed by atoms with Gasteiger partial charge in [0.2, 0.25) is 0 Å². The van der Waals surface area contributed by atoms with Crippen molar-refractivity contribution in [2.75, 3.05) is 19.7 Å². The van der Waals surface area contributed by atoms with Crippen molar-refractivity contribution in [3.8, 4) is 5.75 Å². The van der Waals surface area contributed by atoms with E-state index in [0.717, 1.165) is 12.1 Å². The fraction of sp³-hybridized carbons (Fsp3) is 0.381. The van der Waals surface area contributed by atoms with E-state index in [0.29, 0.717) is 17.3 Å². The fourth-order valence-corrected chi connectivity index (χ4v) is 3.36. The maximum Gasteiger partial charge on any atom is 0.258 e. The Hall–Kier alpha value is -2.04.